The monoisotopic (exact) mass is 391 g/mol. The molecule has 2 aliphatic heterocycles. The fourth-order valence-corrected chi connectivity index (χ4v) is 6.13. The fourth-order valence-electron chi connectivity index (χ4n) is 3.79. The second-order valence-electron chi connectivity index (χ2n) is 6.76. The molecule has 3 heterocycles. The standard InChI is InChI=1S/C18H21N3O3S2/c1-13(22)21-10-6-15-12-16(2-3-17(15)21)26(23,24)20-8-4-14(5-9-20)18-19-7-11-25-18/h2-3,7,11-12,14H,4-6,8-10H2,1H3. The number of carbonyl (C=O) groups is 1. The Morgan fingerprint density at radius 2 is 2.00 bits per heavy atom. The lowest BCUT2D eigenvalue weighted by Gasteiger charge is -2.30. The SMILES string of the molecule is CC(=O)N1CCc2cc(S(=O)(=O)N3CCC(c4nccs4)CC3)ccc21. The maximum atomic E-state index is 13.0. The molecule has 2 aromatic rings. The molecule has 0 spiro atoms. The van der Waals surface area contributed by atoms with Gasteiger partial charge in [-0.05, 0) is 43.0 Å². The largest absolute Gasteiger partial charge is 0.312 e. The van der Waals surface area contributed by atoms with Crippen molar-refractivity contribution < 1.29 is 13.2 Å². The number of anilines is 1. The van der Waals surface area contributed by atoms with Crippen LogP contribution < -0.4 is 4.90 Å². The number of amides is 1. The van der Waals surface area contributed by atoms with Crippen molar-refractivity contribution >= 4 is 33.0 Å². The molecule has 138 valence electrons. The van der Waals surface area contributed by atoms with Crippen LogP contribution in [0.15, 0.2) is 34.7 Å². The van der Waals surface area contributed by atoms with Crippen molar-refractivity contribution in [3.05, 3.63) is 40.3 Å². The van der Waals surface area contributed by atoms with Gasteiger partial charge in [0.05, 0.1) is 9.90 Å². The molecule has 1 fully saturated rings. The Kier molecular flexibility index (Phi) is 4.58. The van der Waals surface area contributed by atoms with E-state index in [2.05, 4.69) is 4.98 Å². The van der Waals surface area contributed by atoms with E-state index in [1.807, 2.05) is 5.38 Å². The second-order valence-corrected chi connectivity index (χ2v) is 9.62. The third kappa shape index (κ3) is 3.06. The number of thiazole rings is 1. The Labute approximate surface area is 157 Å². The minimum absolute atomic E-state index is 0.0105. The molecule has 0 N–H and O–H groups in total. The minimum Gasteiger partial charge on any atom is -0.312 e. The van der Waals surface area contributed by atoms with Crippen molar-refractivity contribution in [1.29, 1.82) is 0 Å². The Morgan fingerprint density at radius 1 is 1.23 bits per heavy atom. The molecule has 0 bridgehead atoms. The van der Waals surface area contributed by atoms with E-state index >= 15 is 0 Å². The predicted molar refractivity (Wildman–Crippen MR) is 101 cm³/mol. The maximum absolute atomic E-state index is 13.0. The molecule has 1 amide bonds. The summed E-state index contributed by atoms with van der Waals surface area (Å²) in [6.07, 6.45) is 4.11. The van der Waals surface area contributed by atoms with Gasteiger partial charge in [-0.15, -0.1) is 11.3 Å². The molecule has 0 unspecified atom stereocenters. The van der Waals surface area contributed by atoms with Crippen LogP contribution in [0.1, 0.15) is 36.3 Å². The van der Waals surface area contributed by atoms with Gasteiger partial charge in [0.25, 0.3) is 0 Å². The number of piperidine rings is 1. The van der Waals surface area contributed by atoms with Crippen LogP contribution in [0.5, 0.6) is 0 Å². The van der Waals surface area contributed by atoms with Gasteiger partial charge in [0.15, 0.2) is 0 Å². The van der Waals surface area contributed by atoms with Crippen molar-refractivity contribution in [3.8, 4) is 0 Å². The van der Waals surface area contributed by atoms with Gasteiger partial charge < -0.3 is 4.90 Å². The zero-order valence-electron chi connectivity index (χ0n) is 14.6. The zero-order chi connectivity index (χ0) is 18.3. The van der Waals surface area contributed by atoms with Gasteiger partial charge in [-0.25, -0.2) is 13.4 Å². The van der Waals surface area contributed by atoms with E-state index in [1.165, 1.54) is 6.92 Å². The number of rotatable bonds is 3. The average molecular weight is 392 g/mol. The van der Waals surface area contributed by atoms with E-state index in [4.69, 9.17) is 0 Å². The Bertz CT molecular complexity index is 917. The van der Waals surface area contributed by atoms with E-state index in [0.717, 1.165) is 29.1 Å². The highest BCUT2D eigenvalue weighted by molar-refractivity contribution is 7.89. The highest BCUT2D eigenvalue weighted by Crippen LogP contribution is 2.34. The molecular weight excluding hydrogens is 370 g/mol. The van der Waals surface area contributed by atoms with Gasteiger partial charge >= 0.3 is 0 Å². The maximum Gasteiger partial charge on any atom is 0.243 e. The van der Waals surface area contributed by atoms with E-state index in [9.17, 15) is 13.2 Å². The van der Waals surface area contributed by atoms with Crippen molar-refractivity contribution in [2.24, 2.45) is 0 Å². The number of nitrogens with zero attached hydrogens (tertiary/aromatic N) is 3. The summed E-state index contributed by atoms with van der Waals surface area (Å²) < 4.78 is 27.6. The van der Waals surface area contributed by atoms with Crippen LogP contribution in [-0.4, -0.2) is 43.2 Å². The zero-order valence-corrected chi connectivity index (χ0v) is 16.2. The van der Waals surface area contributed by atoms with Crippen LogP contribution in [0, 0.1) is 0 Å². The van der Waals surface area contributed by atoms with Crippen molar-refractivity contribution in [3.63, 3.8) is 0 Å². The highest BCUT2D eigenvalue weighted by atomic mass is 32.2. The molecule has 1 aromatic heterocycles. The lowest BCUT2D eigenvalue weighted by Crippen LogP contribution is -2.37. The summed E-state index contributed by atoms with van der Waals surface area (Å²) in [6.45, 7) is 3.19. The molecule has 0 aliphatic carbocycles. The first-order valence-corrected chi connectivity index (χ1v) is 11.1. The molecule has 6 nitrogen and oxygen atoms in total. The topological polar surface area (TPSA) is 70.6 Å². The van der Waals surface area contributed by atoms with Crippen LogP contribution in [0.4, 0.5) is 5.69 Å². The third-order valence-electron chi connectivity index (χ3n) is 5.22. The summed E-state index contributed by atoms with van der Waals surface area (Å²) in [6, 6.07) is 5.13. The molecule has 0 atom stereocenters. The first-order valence-electron chi connectivity index (χ1n) is 8.77. The van der Waals surface area contributed by atoms with Crippen molar-refractivity contribution in [2.45, 2.75) is 37.0 Å². The van der Waals surface area contributed by atoms with E-state index < -0.39 is 10.0 Å². The smallest absolute Gasteiger partial charge is 0.243 e. The first kappa shape index (κ1) is 17.6. The summed E-state index contributed by atoms with van der Waals surface area (Å²) in [5.74, 6) is 0.342. The molecule has 0 radical (unpaired) electrons. The van der Waals surface area contributed by atoms with Gasteiger partial charge in [0.2, 0.25) is 15.9 Å². The summed E-state index contributed by atoms with van der Waals surface area (Å²) >= 11 is 1.64. The predicted octanol–water partition coefficient (Wildman–Crippen LogP) is 2.62. The van der Waals surface area contributed by atoms with Crippen LogP contribution in [0.2, 0.25) is 0 Å². The molecule has 4 rings (SSSR count). The van der Waals surface area contributed by atoms with Crippen molar-refractivity contribution in [2.75, 3.05) is 24.5 Å². The van der Waals surface area contributed by atoms with Gasteiger partial charge in [0, 0.05) is 49.7 Å². The Balaban J connectivity index is 1.52. The number of fused-ring (bicyclic) bond motifs is 1. The fraction of sp³-hybridized carbons (Fsp3) is 0.444. The molecule has 0 saturated carbocycles. The second kappa shape index (κ2) is 6.75. The molecule has 8 heteroatoms. The summed E-state index contributed by atoms with van der Waals surface area (Å²) in [7, 11) is -3.50. The number of carbonyl (C=O) groups excluding carboxylic acids is 1. The number of hydrogen-bond donors (Lipinski definition) is 0. The average Bonchev–Trinajstić information content (AvgIpc) is 3.31. The third-order valence-corrected chi connectivity index (χ3v) is 8.05. The van der Waals surface area contributed by atoms with Crippen LogP contribution >= 0.6 is 11.3 Å². The summed E-state index contributed by atoms with van der Waals surface area (Å²) in [4.78, 5) is 18.1. The lowest BCUT2D eigenvalue weighted by atomic mass is 9.99. The number of aromatic nitrogens is 1. The van der Waals surface area contributed by atoms with Crippen LogP contribution in [-0.2, 0) is 21.2 Å². The summed E-state index contributed by atoms with van der Waals surface area (Å²) in [5.41, 5.74) is 1.76. The molecule has 2 aliphatic rings. The quantitative estimate of drug-likeness (QED) is 0.806. The minimum atomic E-state index is -3.50. The van der Waals surface area contributed by atoms with Crippen LogP contribution in [0.3, 0.4) is 0 Å². The Morgan fingerprint density at radius 3 is 2.65 bits per heavy atom. The molecular formula is C18H21N3O3S2. The number of benzene rings is 1. The normalized spacial score (nSPS) is 18.9. The molecule has 26 heavy (non-hydrogen) atoms. The molecule has 1 saturated heterocycles. The van der Waals surface area contributed by atoms with Gasteiger partial charge in [-0.3, -0.25) is 4.79 Å². The summed E-state index contributed by atoms with van der Waals surface area (Å²) in [5, 5.41) is 3.07. The van der Waals surface area contributed by atoms with E-state index in [-0.39, 0.29) is 5.91 Å². The van der Waals surface area contributed by atoms with E-state index in [1.54, 1.807) is 44.9 Å². The van der Waals surface area contributed by atoms with Gasteiger partial charge in [-0.2, -0.15) is 4.31 Å². The number of sulfonamides is 1. The van der Waals surface area contributed by atoms with Crippen LogP contribution in [0.25, 0.3) is 0 Å². The van der Waals surface area contributed by atoms with Gasteiger partial charge in [-0.1, -0.05) is 0 Å². The Hall–Kier alpha value is -1.77. The van der Waals surface area contributed by atoms with Gasteiger partial charge in [0.1, 0.15) is 0 Å². The van der Waals surface area contributed by atoms with Crippen molar-refractivity contribution in [1.82, 2.24) is 9.29 Å². The molecule has 1 aromatic carbocycles. The first-order chi connectivity index (χ1) is 12.5. The highest BCUT2D eigenvalue weighted by Gasteiger charge is 2.32. The number of hydrogen-bond acceptors (Lipinski definition) is 5. The lowest BCUT2D eigenvalue weighted by molar-refractivity contribution is -0.116. The van der Waals surface area contributed by atoms with E-state index in [0.29, 0.717) is 36.9 Å².